The Bertz CT molecular complexity index is 488. The lowest BCUT2D eigenvalue weighted by Crippen LogP contribution is -2.14. The Hall–Kier alpha value is -1.25. The fraction of sp³-hybridized carbons (Fsp3) is 0.286. The van der Waals surface area contributed by atoms with Crippen molar-refractivity contribution in [1.29, 1.82) is 0 Å². The second kappa shape index (κ2) is 5.39. The van der Waals surface area contributed by atoms with E-state index in [0.29, 0.717) is 5.02 Å². The summed E-state index contributed by atoms with van der Waals surface area (Å²) in [5.41, 5.74) is 0.936. The van der Waals surface area contributed by atoms with Gasteiger partial charge in [0.2, 0.25) is 0 Å². The lowest BCUT2D eigenvalue weighted by atomic mass is 10.1. The van der Waals surface area contributed by atoms with Crippen LogP contribution in [0.1, 0.15) is 25.1 Å². The maximum absolute atomic E-state index is 6.14. The maximum Gasteiger partial charge on any atom is 0.135 e. The first-order valence-corrected chi connectivity index (χ1v) is 6.16. The molecule has 2 nitrogen and oxygen atoms in total. The Labute approximate surface area is 107 Å². The first-order valence-electron chi connectivity index (χ1n) is 5.78. The lowest BCUT2D eigenvalue weighted by Gasteiger charge is -2.10. The Morgan fingerprint density at radius 2 is 2.00 bits per heavy atom. The Balaban J connectivity index is 2.33. The average Bonchev–Trinajstić information content (AvgIpc) is 2.81. The average molecular weight is 250 g/mol. The van der Waals surface area contributed by atoms with Crippen molar-refractivity contribution in [2.45, 2.75) is 19.4 Å². The largest absolute Gasteiger partial charge is 0.459 e. The number of halogens is 1. The van der Waals surface area contributed by atoms with Gasteiger partial charge in [0, 0.05) is 5.56 Å². The molecule has 0 saturated heterocycles. The van der Waals surface area contributed by atoms with Gasteiger partial charge in [-0.25, -0.2) is 0 Å². The van der Waals surface area contributed by atoms with Crippen molar-refractivity contribution in [3.8, 4) is 11.3 Å². The molecule has 1 aromatic heterocycles. The van der Waals surface area contributed by atoms with E-state index in [-0.39, 0.29) is 6.04 Å². The molecule has 1 heterocycles. The van der Waals surface area contributed by atoms with Gasteiger partial charge >= 0.3 is 0 Å². The molecule has 0 fully saturated rings. The van der Waals surface area contributed by atoms with Crippen molar-refractivity contribution in [3.63, 3.8) is 0 Å². The van der Waals surface area contributed by atoms with E-state index in [9.17, 15) is 0 Å². The van der Waals surface area contributed by atoms with Crippen molar-refractivity contribution in [2.75, 3.05) is 7.05 Å². The van der Waals surface area contributed by atoms with Crippen molar-refractivity contribution in [3.05, 3.63) is 47.2 Å². The highest BCUT2D eigenvalue weighted by molar-refractivity contribution is 6.33. The number of furan rings is 1. The Kier molecular flexibility index (Phi) is 3.87. The zero-order valence-electron chi connectivity index (χ0n) is 10.0. The van der Waals surface area contributed by atoms with Crippen LogP contribution in [0, 0.1) is 0 Å². The minimum absolute atomic E-state index is 0.256. The van der Waals surface area contributed by atoms with Crippen LogP contribution in [-0.4, -0.2) is 7.05 Å². The van der Waals surface area contributed by atoms with E-state index >= 15 is 0 Å². The van der Waals surface area contributed by atoms with Gasteiger partial charge in [-0.2, -0.15) is 0 Å². The molecule has 2 rings (SSSR count). The third-order valence-electron chi connectivity index (χ3n) is 2.87. The first-order chi connectivity index (χ1) is 8.26. The number of rotatable bonds is 4. The van der Waals surface area contributed by atoms with E-state index in [0.717, 1.165) is 23.5 Å². The molecule has 1 atom stereocenters. The highest BCUT2D eigenvalue weighted by atomic mass is 35.5. The molecule has 1 aromatic carbocycles. The van der Waals surface area contributed by atoms with Gasteiger partial charge in [0.25, 0.3) is 0 Å². The molecule has 2 aromatic rings. The molecule has 0 bridgehead atoms. The van der Waals surface area contributed by atoms with Crippen LogP contribution in [0.2, 0.25) is 5.02 Å². The van der Waals surface area contributed by atoms with Gasteiger partial charge < -0.3 is 9.73 Å². The standard InChI is InChI=1S/C14H16ClNO/c1-3-12(16-2)14-9-8-13(17-14)10-6-4-5-7-11(10)15/h4-9,12,16H,3H2,1-2H3. The fourth-order valence-corrected chi connectivity index (χ4v) is 2.12. The van der Waals surface area contributed by atoms with Crippen LogP contribution in [0.5, 0.6) is 0 Å². The van der Waals surface area contributed by atoms with Gasteiger partial charge in [-0.05, 0) is 37.7 Å². The van der Waals surface area contributed by atoms with E-state index in [1.54, 1.807) is 0 Å². The molecule has 0 aliphatic carbocycles. The summed E-state index contributed by atoms with van der Waals surface area (Å²) < 4.78 is 5.85. The van der Waals surface area contributed by atoms with Crippen LogP contribution in [0.25, 0.3) is 11.3 Å². The van der Waals surface area contributed by atoms with E-state index in [1.807, 2.05) is 43.4 Å². The van der Waals surface area contributed by atoms with E-state index in [2.05, 4.69) is 12.2 Å². The second-order valence-electron chi connectivity index (χ2n) is 3.93. The Morgan fingerprint density at radius 3 is 2.65 bits per heavy atom. The van der Waals surface area contributed by atoms with Crippen molar-refractivity contribution < 1.29 is 4.42 Å². The molecule has 3 heteroatoms. The van der Waals surface area contributed by atoms with Gasteiger partial charge in [-0.3, -0.25) is 0 Å². The number of benzene rings is 1. The summed E-state index contributed by atoms with van der Waals surface area (Å²) in [6.07, 6.45) is 0.992. The predicted octanol–water partition coefficient (Wildman–Crippen LogP) is 4.27. The molecular weight excluding hydrogens is 234 g/mol. The van der Waals surface area contributed by atoms with Gasteiger partial charge in [-0.15, -0.1) is 0 Å². The second-order valence-corrected chi connectivity index (χ2v) is 4.34. The van der Waals surface area contributed by atoms with Gasteiger partial charge in [0.1, 0.15) is 11.5 Å². The summed E-state index contributed by atoms with van der Waals surface area (Å²) in [6.45, 7) is 2.12. The Morgan fingerprint density at radius 1 is 1.24 bits per heavy atom. The normalized spacial score (nSPS) is 12.6. The monoisotopic (exact) mass is 249 g/mol. The summed E-state index contributed by atoms with van der Waals surface area (Å²) in [5, 5.41) is 3.93. The van der Waals surface area contributed by atoms with Crippen molar-refractivity contribution >= 4 is 11.6 Å². The van der Waals surface area contributed by atoms with E-state index in [4.69, 9.17) is 16.0 Å². The predicted molar refractivity (Wildman–Crippen MR) is 71.2 cm³/mol. The van der Waals surface area contributed by atoms with E-state index in [1.165, 1.54) is 0 Å². The number of hydrogen-bond donors (Lipinski definition) is 1. The molecule has 0 aliphatic rings. The molecule has 90 valence electrons. The highest BCUT2D eigenvalue weighted by Crippen LogP contribution is 2.31. The maximum atomic E-state index is 6.14. The molecule has 1 unspecified atom stereocenters. The van der Waals surface area contributed by atoms with Crippen LogP contribution in [0.4, 0.5) is 0 Å². The molecule has 0 spiro atoms. The molecule has 17 heavy (non-hydrogen) atoms. The minimum Gasteiger partial charge on any atom is -0.459 e. The number of hydrogen-bond acceptors (Lipinski definition) is 2. The topological polar surface area (TPSA) is 25.2 Å². The SMILES string of the molecule is CCC(NC)c1ccc(-c2ccccc2Cl)o1. The van der Waals surface area contributed by atoms with Crippen LogP contribution in [0.15, 0.2) is 40.8 Å². The van der Waals surface area contributed by atoms with Gasteiger partial charge in [-0.1, -0.05) is 30.7 Å². The van der Waals surface area contributed by atoms with Gasteiger partial charge in [0.15, 0.2) is 0 Å². The molecule has 0 amide bonds. The molecule has 0 saturated carbocycles. The minimum atomic E-state index is 0.256. The van der Waals surface area contributed by atoms with Crippen molar-refractivity contribution in [1.82, 2.24) is 5.32 Å². The third-order valence-corrected chi connectivity index (χ3v) is 3.20. The summed E-state index contributed by atoms with van der Waals surface area (Å²) >= 11 is 6.14. The molecule has 0 radical (unpaired) electrons. The molecule has 1 N–H and O–H groups in total. The molecule has 0 aliphatic heterocycles. The smallest absolute Gasteiger partial charge is 0.135 e. The zero-order chi connectivity index (χ0) is 12.3. The van der Waals surface area contributed by atoms with E-state index < -0.39 is 0 Å². The third kappa shape index (κ3) is 2.54. The lowest BCUT2D eigenvalue weighted by molar-refractivity contribution is 0.431. The first kappa shape index (κ1) is 12.2. The number of nitrogens with one attached hydrogen (secondary N) is 1. The van der Waals surface area contributed by atoms with Crippen molar-refractivity contribution in [2.24, 2.45) is 0 Å². The quantitative estimate of drug-likeness (QED) is 0.875. The zero-order valence-corrected chi connectivity index (χ0v) is 10.8. The summed E-state index contributed by atoms with van der Waals surface area (Å²) in [4.78, 5) is 0. The summed E-state index contributed by atoms with van der Waals surface area (Å²) in [7, 11) is 1.94. The summed E-state index contributed by atoms with van der Waals surface area (Å²) in [6, 6.07) is 11.9. The van der Waals surface area contributed by atoms with Crippen LogP contribution < -0.4 is 5.32 Å². The molecular formula is C14H16ClNO. The fourth-order valence-electron chi connectivity index (χ4n) is 1.89. The highest BCUT2D eigenvalue weighted by Gasteiger charge is 2.13. The van der Waals surface area contributed by atoms with Gasteiger partial charge in [0.05, 0.1) is 11.1 Å². The summed E-state index contributed by atoms with van der Waals surface area (Å²) in [5.74, 6) is 1.77. The van der Waals surface area contributed by atoms with Crippen LogP contribution >= 0.6 is 11.6 Å². The van der Waals surface area contributed by atoms with Crippen LogP contribution in [-0.2, 0) is 0 Å². The van der Waals surface area contributed by atoms with Crippen LogP contribution in [0.3, 0.4) is 0 Å².